The molecule has 4 aromatic rings. The monoisotopic (exact) mass is 233 g/mol. The molecule has 0 bridgehead atoms. The fourth-order valence-corrected chi connectivity index (χ4v) is 2.62. The zero-order valence-electron chi connectivity index (χ0n) is 9.94. The molecule has 0 saturated carbocycles. The average Bonchev–Trinajstić information content (AvgIpc) is 2.79. The van der Waals surface area contributed by atoms with Crippen LogP contribution in [-0.4, -0.2) is 15.0 Å². The van der Waals surface area contributed by atoms with E-state index in [0.717, 1.165) is 16.6 Å². The van der Waals surface area contributed by atoms with Crippen LogP contribution in [0, 0.1) is 6.92 Å². The fourth-order valence-electron chi connectivity index (χ4n) is 2.62. The van der Waals surface area contributed by atoms with Crippen molar-refractivity contribution in [3.05, 3.63) is 48.4 Å². The van der Waals surface area contributed by atoms with Gasteiger partial charge in [0.15, 0.2) is 0 Å². The number of rotatable bonds is 0. The molecule has 0 spiro atoms. The Kier molecular flexibility index (Phi) is 1.75. The van der Waals surface area contributed by atoms with Gasteiger partial charge in [0.05, 0.1) is 11.0 Å². The molecule has 1 N–H and O–H groups in total. The Hall–Kier alpha value is -2.42. The molecule has 0 saturated heterocycles. The predicted molar refractivity (Wildman–Crippen MR) is 73.6 cm³/mol. The average molecular weight is 233 g/mol. The van der Waals surface area contributed by atoms with E-state index in [-0.39, 0.29) is 0 Å². The second-order valence-corrected chi connectivity index (χ2v) is 4.55. The van der Waals surface area contributed by atoms with Gasteiger partial charge < -0.3 is 4.98 Å². The zero-order valence-corrected chi connectivity index (χ0v) is 9.94. The first-order valence-electron chi connectivity index (χ1n) is 5.94. The third-order valence-electron chi connectivity index (χ3n) is 3.51. The van der Waals surface area contributed by atoms with E-state index < -0.39 is 0 Å². The molecule has 3 heteroatoms. The number of nitrogens with one attached hydrogen (secondary N) is 1. The van der Waals surface area contributed by atoms with Crippen molar-refractivity contribution in [2.24, 2.45) is 0 Å². The molecule has 0 aliphatic rings. The Morgan fingerprint density at radius 3 is 3.00 bits per heavy atom. The third-order valence-corrected chi connectivity index (χ3v) is 3.51. The van der Waals surface area contributed by atoms with Crippen molar-refractivity contribution in [3.63, 3.8) is 0 Å². The lowest BCUT2D eigenvalue weighted by molar-refractivity contribution is 1.35. The normalized spacial score (nSPS) is 11.6. The molecule has 86 valence electrons. The molecule has 0 aliphatic carbocycles. The van der Waals surface area contributed by atoms with Gasteiger partial charge in [0.1, 0.15) is 0 Å². The second-order valence-electron chi connectivity index (χ2n) is 4.55. The number of benzene rings is 1. The van der Waals surface area contributed by atoms with Gasteiger partial charge in [-0.15, -0.1) is 0 Å². The quantitative estimate of drug-likeness (QED) is 0.504. The van der Waals surface area contributed by atoms with Crippen molar-refractivity contribution < 1.29 is 0 Å². The highest BCUT2D eigenvalue weighted by molar-refractivity contribution is 6.12. The molecule has 3 nitrogen and oxygen atoms in total. The van der Waals surface area contributed by atoms with E-state index >= 15 is 0 Å². The number of nitrogens with zero attached hydrogens (tertiary/aromatic N) is 2. The van der Waals surface area contributed by atoms with Crippen LogP contribution in [0.1, 0.15) is 5.56 Å². The molecule has 4 rings (SSSR count). The van der Waals surface area contributed by atoms with Gasteiger partial charge >= 0.3 is 0 Å². The number of aromatic amines is 1. The van der Waals surface area contributed by atoms with Gasteiger partial charge in [-0.05, 0) is 30.7 Å². The van der Waals surface area contributed by atoms with E-state index in [1.165, 1.54) is 21.7 Å². The number of hydrogen-bond acceptors (Lipinski definition) is 2. The highest BCUT2D eigenvalue weighted by Crippen LogP contribution is 2.31. The van der Waals surface area contributed by atoms with Crippen molar-refractivity contribution in [1.82, 2.24) is 15.0 Å². The first-order chi connectivity index (χ1) is 8.84. The molecule has 0 radical (unpaired) electrons. The van der Waals surface area contributed by atoms with Crippen LogP contribution in [0.15, 0.2) is 42.9 Å². The molecule has 1 aromatic carbocycles. The van der Waals surface area contributed by atoms with Crippen molar-refractivity contribution in [3.8, 4) is 0 Å². The van der Waals surface area contributed by atoms with Crippen LogP contribution in [0.3, 0.4) is 0 Å². The number of hydrogen-bond donors (Lipinski definition) is 1. The Balaban J connectivity index is 2.33. The Morgan fingerprint density at radius 2 is 2.06 bits per heavy atom. The minimum atomic E-state index is 1.06. The first kappa shape index (κ1) is 9.59. The van der Waals surface area contributed by atoms with Crippen LogP contribution in [-0.2, 0) is 0 Å². The second kappa shape index (κ2) is 3.29. The summed E-state index contributed by atoms with van der Waals surface area (Å²) < 4.78 is 0. The smallest absolute Gasteiger partial charge is 0.0752 e. The number of pyridine rings is 2. The van der Waals surface area contributed by atoms with E-state index in [1.54, 1.807) is 0 Å². The van der Waals surface area contributed by atoms with E-state index in [4.69, 9.17) is 0 Å². The number of H-pyrrole nitrogens is 1. The van der Waals surface area contributed by atoms with Crippen LogP contribution in [0.25, 0.3) is 32.7 Å². The number of aryl methyl sites for hydroxylation is 1. The molecule has 18 heavy (non-hydrogen) atoms. The fraction of sp³-hybridized carbons (Fsp3) is 0.0667. The van der Waals surface area contributed by atoms with E-state index in [1.807, 2.05) is 30.7 Å². The summed E-state index contributed by atoms with van der Waals surface area (Å²) in [5, 5.41) is 3.56. The van der Waals surface area contributed by atoms with Crippen LogP contribution in [0.5, 0.6) is 0 Å². The van der Waals surface area contributed by atoms with Crippen molar-refractivity contribution in [2.45, 2.75) is 6.92 Å². The lowest BCUT2D eigenvalue weighted by atomic mass is 10.1. The van der Waals surface area contributed by atoms with Crippen molar-refractivity contribution >= 4 is 32.7 Å². The number of aromatic nitrogens is 3. The Bertz CT molecular complexity index is 890. The largest absolute Gasteiger partial charge is 0.354 e. The van der Waals surface area contributed by atoms with Crippen LogP contribution in [0.4, 0.5) is 0 Å². The minimum absolute atomic E-state index is 1.06. The maximum absolute atomic E-state index is 4.47. The van der Waals surface area contributed by atoms with E-state index in [0.29, 0.717) is 0 Å². The topological polar surface area (TPSA) is 41.6 Å². The standard InChI is InChI=1S/C15H11N3/c1-9-14-10(3-2-5-17-14)7-11-12-8-16-6-4-13(12)18-15(9)11/h2-8,18H,1H3. The van der Waals surface area contributed by atoms with Gasteiger partial charge in [-0.2, -0.15) is 0 Å². The van der Waals surface area contributed by atoms with Crippen LogP contribution in [0.2, 0.25) is 0 Å². The SMILES string of the molecule is Cc1c2ncccc2cc2c1[nH]c1ccncc12. The zero-order chi connectivity index (χ0) is 12.1. The number of fused-ring (bicyclic) bond motifs is 4. The van der Waals surface area contributed by atoms with Gasteiger partial charge in [-0.1, -0.05) is 6.07 Å². The van der Waals surface area contributed by atoms with Gasteiger partial charge in [0.25, 0.3) is 0 Å². The molecule has 3 aromatic heterocycles. The minimum Gasteiger partial charge on any atom is -0.354 e. The Morgan fingerprint density at radius 1 is 1.11 bits per heavy atom. The Labute approximate surface area is 103 Å². The summed E-state index contributed by atoms with van der Waals surface area (Å²) in [7, 11) is 0. The molecule has 0 aliphatic heterocycles. The molecular weight excluding hydrogens is 222 g/mol. The molecule has 0 fully saturated rings. The maximum Gasteiger partial charge on any atom is 0.0752 e. The summed E-state index contributed by atoms with van der Waals surface area (Å²) in [5.74, 6) is 0. The summed E-state index contributed by atoms with van der Waals surface area (Å²) in [5.41, 5.74) is 4.53. The van der Waals surface area contributed by atoms with Crippen molar-refractivity contribution in [1.29, 1.82) is 0 Å². The van der Waals surface area contributed by atoms with Crippen molar-refractivity contribution in [2.75, 3.05) is 0 Å². The van der Waals surface area contributed by atoms with Gasteiger partial charge in [0.2, 0.25) is 0 Å². The lowest BCUT2D eigenvalue weighted by Gasteiger charge is -2.02. The van der Waals surface area contributed by atoms with E-state index in [9.17, 15) is 0 Å². The van der Waals surface area contributed by atoms with Gasteiger partial charge in [0, 0.05) is 40.3 Å². The lowest BCUT2D eigenvalue weighted by Crippen LogP contribution is -1.84. The maximum atomic E-state index is 4.47. The van der Waals surface area contributed by atoms with E-state index in [2.05, 4.69) is 34.0 Å². The molecule has 0 unspecified atom stereocenters. The first-order valence-corrected chi connectivity index (χ1v) is 5.94. The summed E-state index contributed by atoms with van der Waals surface area (Å²) in [6.45, 7) is 2.11. The third kappa shape index (κ3) is 1.13. The van der Waals surface area contributed by atoms with Gasteiger partial charge in [-0.3, -0.25) is 9.97 Å². The van der Waals surface area contributed by atoms with Crippen LogP contribution >= 0.6 is 0 Å². The van der Waals surface area contributed by atoms with Gasteiger partial charge in [-0.25, -0.2) is 0 Å². The summed E-state index contributed by atoms with van der Waals surface area (Å²) in [6.07, 6.45) is 5.56. The summed E-state index contributed by atoms with van der Waals surface area (Å²) in [6, 6.07) is 8.27. The molecule has 0 amide bonds. The highest BCUT2D eigenvalue weighted by Gasteiger charge is 2.09. The van der Waals surface area contributed by atoms with Crippen LogP contribution < -0.4 is 0 Å². The highest BCUT2D eigenvalue weighted by atomic mass is 14.7. The summed E-state index contributed by atoms with van der Waals surface area (Å²) in [4.78, 5) is 12.1. The predicted octanol–water partition coefficient (Wildman–Crippen LogP) is 3.57. The molecule has 0 atom stereocenters. The molecule has 3 heterocycles. The summed E-state index contributed by atoms with van der Waals surface area (Å²) >= 11 is 0. The molecular formula is C15H11N3.